The van der Waals surface area contributed by atoms with Gasteiger partial charge in [-0.3, -0.25) is 8.42 Å². The van der Waals surface area contributed by atoms with E-state index in [4.69, 9.17) is 26.6 Å². The summed E-state index contributed by atoms with van der Waals surface area (Å²) in [5.41, 5.74) is 0. The third kappa shape index (κ3) is 392. The van der Waals surface area contributed by atoms with Gasteiger partial charge in [0.1, 0.15) is 0 Å². The molecule has 0 saturated heterocycles. The van der Waals surface area contributed by atoms with Gasteiger partial charge in [0, 0.05) is 0 Å². The van der Waals surface area contributed by atoms with Gasteiger partial charge in [-0.25, -0.2) is 0 Å². The fourth-order valence-electron chi connectivity index (χ4n) is 0. The first-order valence-electron chi connectivity index (χ1n) is 1.00. The van der Waals surface area contributed by atoms with Crippen LogP contribution in [0.4, 0.5) is 0 Å². The molecule has 0 bridgehead atoms. The van der Waals surface area contributed by atoms with Crippen LogP contribution in [0.5, 0.6) is 0 Å². The zero-order chi connectivity index (χ0) is 7.15. The van der Waals surface area contributed by atoms with Gasteiger partial charge < -0.3 is 56.5 Å². The maximum absolute atomic E-state index is 8.44. The molecule has 0 aromatic heterocycles. The molecule has 0 atom stereocenters. The van der Waals surface area contributed by atoms with Gasteiger partial charge in [-0.2, -0.15) is 0 Å². The second-order valence-corrected chi connectivity index (χ2v) is 1.22. The molecule has 0 spiro atoms. The third-order valence-electron chi connectivity index (χ3n) is 0. The molecule has 0 amide bonds. The molecule has 19 heteroatoms. The summed E-state index contributed by atoms with van der Waals surface area (Å²) in [7, 11) is 0. The van der Waals surface area contributed by atoms with Gasteiger partial charge >= 0.3 is 162 Å². The maximum Gasteiger partial charge on any atom is 1.00 e. The van der Waals surface area contributed by atoms with Crippen molar-refractivity contribution < 1.29 is 227 Å². The predicted molar refractivity (Wildman–Crippen MR) is 44.7 cm³/mol. The van der Waals surface area contributed by atoms with E-state index in [1.165, 1.54) is 0 Å². The second-order valence-electron chi connectivity index (χ2n) is 0.408. The van der Waals surface area contributed by atoms with Gasteiger partial charge in [0.15, 0.2) is 0 Å². The van der Waals surface area contributed by atoms with Crippen LogP contribution in [-0.4, -0.2) is 65.0 Å². The van der Waals surface area contributed by atoms with Gasteiger partial charge in [0.2, 0.25) is 0 Å². The van der Waals surface area contributed by atoms with E-state index >= 15 is 0 Å². The van der Waals surface area contributed by atoms with Crippen LogP contribution in [0.25, 0.3) is 0 Å². The van der Waals surface area contributed by atoms with Crippen molar-refractivity contribution in [3.8, 4) is 0 Å². The minimum atomic E-state index is -3.11. The first kappa shape index (κ1) is 104. The molecule has 0 rings (SSSR count). The Morgan fingerprint density at radius 1 is 0.474 bits per heavy atom. The van der Waals surface area contributed by atoms with Crippen LogP contribution in [0.1, 0.15) is 0 Å². The molecule has 0 aliphatic carbocycles. The molecule has 14 N–H and O–H groups in total. The Labute approximate surface area is 243 Å². The summed E-state index contributed by atoms with van der Waals surface area (Å²) in [4.78, 5) is 0. The fourth-order valence-corrected chi connectivity index (χ4v) is 0. The van der Waals surface area contributed by atoms with Gasteiger partial charge in [-0.05, 0) is 0 Å². The second kappa shape index (κ2) is 91.4. The average Bonchev–Trinajstić information content (AvgIpc) is 1.25. The Bertz CT molecular complexity index is 84.6. The Kier molecular flexibility index (Phi) is 501. The van der Waals surface area contributed by atoms with Gasteiger partial charge in [-0.1, -0.05) is 0 Å². The van der Waals surface area contributed by atoms with Crippen molar-refractivity contribution in [2.24, 2.45) is 0 Å². The largest absolute Gasteiger partial charge is 1.00 e. The summed E-state index contributed by atoms with van der Waals surface area (Å²) >= 11 is -6.22. The van der Waals surface area contributed by atoms with Crippen molar-refractivity contribution in [3.05, 3.63) is 0 Å². The molecular weight excluding hydrogens is 396 g/mol. The SMILES string of the molecule is O.O.O.O.O.O.O.O=S([O-])[O-].O=S([O-])[O-].[K+].[K+].[Na+].[Na+]. The van der Waals surface area contributed by atoms with Crippen molar-refractivity contribution in [1.82, 2.24) is 0 Å². The van der Waals surface area contributed by atoms with Crippen molar-refractivity contribution in [2.45, 2.75) is 0 Å². The van der Waals surface area contributed by atoms with Gasteiger partial charge in [0.25, 0.3) is 0 Å². The molecule has 0 aliphatic heterocycles. The van der Waals surface area contributed by atoms with E-state index < -0.39 is 22.7 Å². The van der Waals surface area contributed by atoms with Crippen molar-refractivity contribution in [1.29, 1.82) is 0 Å². The van der Waals surface area contributed by atoms with Crippen molar-refractivity contribution in [3.63, 3.8) is 0 Å². The Balaban J connectivity index is -0.00000000218. The predicted octanol–water partition coefficient (Wildman–Crippen LogP) is -19.8. The zero-order valence-electron chi connectivity index (χ0n) is 10.8. The molecule has 0 fully saturated rings. The van der Waals surface area contributed by atoms with Crippen LogP contribution in [-0.2, 0) is 22.7 Å². The number of hydrogen-bond acceptors (Lipinski definition) is 6. The van der Waals surface area contributed by atoms with E-state index in [0.717, 1.165) is 0 Å². The minimum absolute atomic E-state index is 0. The molecule has 0 heterocycles. The van der Waals surface area contributed by atoms with Crippen LogP contribution in [0.15, 0.2) is 0 Å². The van der Waals surface area contributed by atoms with E-state index in [9.17, 15) is 0 Å². The quantitative estimate of drug-likeness (QED) is 0.275. The maximum atomic E-state index is 8.44. The minimum Gasteiger partial charge on any atom is -0.784 e. The van der Waals surface area contributed by atoms with E-state index in [0.29, 0.717) is 0 Å². The van der Waals surface area contributed by atoms with E-state index in [1.54, 1.807) is 0 Å². The van der Waals surface area contributed by atoms with Gasteiger partial charge in [0.05, 0.1) is 0 Å². The summed E-state index contributed by atoms with van der Waals surface area (Å²) in [6.07, 6.45) is 0. The van der Waals surface area contributed by atoms with Gasteiger partial charge in [-0.15, -0.1) is 22.7 Å². The molecular formula is H14K2Na2O13S2. The Morgan fingerprint density at radius 3 is 0.474 bits per heavy atom. The smallest absolute Gasteiger partial charge is 0.784 e. The van der Waals surface area contributed by atoms with Crippen LogP contribution < -0.4 is 162 Å². The molecule has 13 nitrogen and oxygen atoms in total. The molecule has 0 saturated carbocycles. The first-order chi connectivity index (χ1) is 3.46. The summed E-state index contributed by atoms with van der Waals surface area (Å²) < 4.78 is 50.7. The average molecular weight is 410 g/mol. The molecule has 0 aromatic carbocycles. The van der Waals surface area contributed by atoms with E-state index in [2.05, 4.69) is 0 Å². The van der Waals surface area contributed by atoms with Crippen LogP contribution in [0.3, 0.4) is 0 Å². The fraction of sp³-hybridized carbons (Fsp3) is 0. The summed E-state index contributed by atoms with van der Waals surface area (Å²) in [5, 5.41) is 0. The van der Waals surface area contributed by atoms with E-state index in [1.807, 2.05) is 0 Å². The third-order valence-corrected chi connectivity index (χ3v) is 0. The Morgan fingerprint density at radius 2 is 0.474 bits per heavy atom. The molecule has 0 aliphatic rings. The van der Waals surface area contributed by atoms with Crippen LogP contribution in [0, 0.1) is 0 Å². The summed E-state index contributed by atoms with van der Waals surface area (Å²) in [6.45, 7) is 0. The van der Waals surface area contributed by atoms with Crippen LogP contribution in [0.2, 0.25) is 0 Å². The van der Waals surface area contributed by atoms with Crippen LogP contribution >= 0.6 is 0 Å². The molecule has 0 aromatic rings. The molecule has 108 valence electrons. The topological polar surface area (TPSA) is 347 Å². The van der Waals surface area contributed by atoms with Crippen molar-refractivity contribution in [2.75, 3.05) is 0 Å². The molecule has 0 unspecified atom stereocenters. The van der Waals surface area contributed by atoms with E-state index in [-0.39, 0.29) is 200 Å². The summed E-state index contributed by atoms with van der Waals surface area (Å²) in [6, 6.07) is 0. The molecule has 19 heavy (non-hydrogen) atoms. The Hall–Kier alpha value is 5.13. The number of hydrogen-bond donors (Lipinski definition) is 0. The monoisotopic (exact) mass is 410 g/mol. The number of rotatable bonds is 0. The standard InChI is InChI=1S/2K.2Na.2H2O3S.7H2O/c;;;;2*1-4(2)3;;;;;;;/h;;;;2*(H2,1,2,3);7*1H2/q4*+1;;;;;;;;;/p-4. The van der Waals surface area contributed by atoms with Crippen molar-refractivity contribution >= 4 is 22.7 Å². The normalized spacial score (nSPS) is 3.68. The molecule has 0 radical (unpaired) electrons. The first-order valence-corrected chi connectivity index (χ1v) is 3.00. The summed E-state index contributed by atoms with van der Waals surface area (Å²) in [5.74, 6) is 0. The zero-order valence-corrected chi connectivity index (χ0v) is 22.6.